The van der Waals surface area contributed by atoms with Crippen molar-refractivity contribution >= 4 is 22.7 Å². The molecule has 0 aliphatic carbocycles. The van der Waals surface area contributed by atoms with E-state index in [0.29, 0.717) is 5.69 Å². The van der Waals surface area contributed by atoms with E-state index < -0.39 is 6.09 Å². The number of aromatic amines is 1. The van der Waals surface area contributed by atoms with Crippen molar-refractivity contribution in [2.45, 2.75) is 59.0 Å². The molecule has 5 nitrogen and oxygen atoms in total. The van der Waals surface area contributed by atoms with Gasteiger partial charge in [-0.3, -0.25) is 5.32 Å². The summed E-state index contributed by atoms with van der Waals surface area (Å²) in [5, 5.41) is 14.4. The number of hydrogen-bond donors (Lipinski definition) is 3. The number of aromatic nitrogens is 1. The Hall–Kier alpha value is -2.95. The van der Waals surface area contributed by atoms with Crippen LogP contribution in [-0.4, -0.2) is 16.2 Å². The summed E-state index contributed by atoms with van der Waals surface area (Å²) in [6.45, 7) is 12.6. The van der Waals surface area contributed by atoms with E-state index >= 15 is 0 Å². The second-order valence-electron chi connectivity index (χ2n) is 9.48. The molecule has 0 aliphatic heterocycles. The summed E-state index contributed by atoms with van der Waals surface area (Å²) in [7, 11) is 0. The number of nitrogens with one attached hydrogen (secondary N) is 2. The Morgan fingerprint density at radius 2 is 1.69 bits per heavy atom. The highest BCUT2D eigenvalue weighted by atomic mass is 16.5. The molecule has 0 aliphatic rings. The van der Waals surface area contributed by atoms with Crippen molar-refractivity contribution in [2.75, 3.05) is 5.32 Å². The minimum atomic E-state index is -0.552. The van der Waals surface area contributed by atoms with Crippen LogP contribution in [0.3, 0.4) is 0 Å². The van der Waals surface area contributed by atoms with Gasteiger partial charge in [-0.1, -0.05) is 59.7 Å². The Morgan fingerprint density at radius 3 is 2.34 bits per heavy atom. The van der Waals surface area contributed by atoms with Crippen LogP contribution in [0.15, 0.2) is 42.6 Å². The third-order valence-corrected chi connectivity index (χ3v) is 5.02. The summed E-state index contributed by atoms with van der Waals surface area (Å²) < 4.78 is 5.45. The van der Waals surface area contributed by atoms with Crippen molar-refractivity contribution in [3.63, 3.8) is 0 Å². The number of para-hydroxylation sites is 1. The quantitative estimate of drug-likeness (QED) is 0.494. The lowest BCUT2D eigenvalue weighted by Crippen LogP contribution is -2.21. The lowest BCUT2D eigenvalue weighted by Gasteiger charge is -2.28. The van der Waals surface area contributed by atoms with E-state index in [9.17, 15) is 9.90 Å². The van der Waals surface area contributed by atoms with Gasteiger partial charge in [-0.25, -0.2) is 4.79 Å². The highest BCUT2D eigenvalue weighted by molar-refractivity contribution is 5.87. The molecule has 0 saturated carbocycles. The first-order valence-corrected chi connectivity index (χ1v) is 9.83. The molecular weight excluding hydrogens is 364 g/mol. The molecule has 1 heterocycles. The second kappa shape index (κ2) is 7.47. The SMILES string of the molecule is CC(C)(C)c1cc(C(C)(C)C)c(NC(=O)OCc2c[nH]c3ccccc23)cc1O. The molecule has 0 fully saturated rings. The van der Waals surface area contributed by atoms with Crippen molar-refractivity contribution < 1.29 is 14.6 Å². The van der Waals surface area contributed by atoms with Crippen LogP contribution in [0.5, 0.6) is 5.75 Å². The standard InChI is InChI=1S/C24H30N2O3/c1-23(2,3)17-11-18(24(4,5)6)21(27)12-20(17)26-22(28)29-14-15-13-25-19-10-8-7-9-16(15)19/h7-13,25,27H,14H2,1-6H3,(H,26,28). The second-order valence-corrected chi connectivity index (χ2v) is 9.48. The first-order chi connectivity index (χ1) is 13.5. The maximum Gasteiger partial charge on any atom is 0.411 e. The van der Waals surface area contributed by atoms with Gasteiger partial charge >= 0.3 is 6.09 Å². The van der Waals surface area contributed by atoms with Crippen molar-refractivity contribution in [1.82, 2.24) is 4.98 Å². The van der Waals surface area contributed by atoms with Gasteiger partial charge in [0.15, 0.2) is 0 Å². The van der Waals surface area contributed by atoms with Gasteiger partial charge in [0.2, 0.25) is 0 Å². The molecule has 0 atom stereocenters. The molecule has 29 heavy (non-hydrogen) atoms. The molecule has 0 saturated heterocycles. The van der Waals surface area contributed by atoms with Crippen LogP contribution >= 0.6 is 0 Å². The van der Waals surface area contributed by atoms with E-state index in [2.05, 4.69) is 51.8 Å². The van der Waals surface area contributed by atoms with Gasteiger partial charge in [0.1, 0.15) is 12.4 Å². The van der Waals surface area contributed by atoms with Crippen LogP contribution in [0.2, 0.25) is 0 Å². The average Bonchev–Trinajstić information content (AvgIpc) is 3.01. The van der Waals surface area contributed by atoms with Gasteiger partial charge in [0, 0.05) is 28.7 Å². The van der Waals surface area contributed by atoms with Gasteiger partial charge < -0.3 is 14.8 Å². The Bertz CT molecular complexity index is 1040. The molecule has 0 unspecified atom stereocenters. The maximum atomic E-state index is 12.5. The first-order valence-electron chi connectivity index (χ1n) is 9.83. The first kappa shape index (κ1) is 20.8. The van der Waals surface area contributed by atoms with E-state index in [-0.39, 0.29) is 23.2 Å². The number of ether oxygens (including phenoxy) is 1. The van der Waals surface area contributed by atoms with Gasteiger partial charge in [-0.15, -0.1) is 0 Å². The lowest BCUT2D eigenvalue weighted by atomic mass is 9.79. The number of benzene rings is 2. The molecular formula is C24H30N2O3. The van der Waals surface area contributed by atoms with Crippen LogP contribution in [0, 0.1) is 0 Å². The number of carbonyl (C=O) groups excluding carboxylic acids is 1. The lowest BCUT2D eigenvalue weighted by molar-refractivity contribution is 0.155. The zero-order valence-corrected chi connectivity index (χ0v) is 18.0. The fourth-order valence-electron chi connectivity index (χ4n) is 3.45. The summed E-state index contributed by atoms with van der Waals surface area (Å²) >= 11 is 0. The summed E-state index contributed by atoms with van der Waals surface area (Å²) in [6.07, 6.45) is 1.30. The molecule has 5 heteroatoms. The molecule has 2 aromatic carbocycles. The maximum absolute atomic E-state index is 12.5. The van der Waals surface area contributed by atoms with E-state index in [0.717, 1.165) is 27.6 Å². The van der Waals surface area contributed by atoms with Crippen molar-refractivity contribution in [2.24, 2.45) is 0 Å². The third kappa shape index (κ3) is 4.56. The summed E-state index contributed by atoms with van der Waals surface area (Å²) in [5.74, 6) is 0.164. The van der Waals surface area contributed by atoms with Gasteiger partial charge in [0.25, 0.3) is 0 Å². The summed E-state index contributed by atoms with van der Waals surface area (Å²) in [4.78, 5) is 15.7. The minimum Gasteiger partial charge on any atom is -0.508 e. The van der Waals surface area contributed by atoms with Crippen LogP contribution in [0.25, 0.3) is 10.9 Å². The van der Waals surface area contributed by atoms with Crippen LogP contribution < -0.4 is 5.32 Å². The molecule has 3 aromatic rings. The number of phenols is 1. The predicted molar refractivity (Wildman–Crippen MR) is 118 cm³/mol. The number of aromatic hydroxyl groups is 1. The zero-order valence-electron chi connectivity index (χ0n) is 18.0. The molecule has 0 radical (unpaired) electrons. The van der Waals surface area contributed by atoms with Gasteiger partial charge in [-0.2, -0.15) is 0 Å². The normalized spacial score (nSPS) is 12.2. The minimum absolute atomic E-state index is 0.159. The van der Waals surface area contributed by atoms with Crippen LogP contribution in [0.4, 0.5) is 10.5 Å². The van der Waals surface area contributed by atoms with Crippen molar-refractivity contribution in [1.29, 1.82) is 0 Å². The van der Waals surface area contributed by atoms with E-state index in [1.54, 1.807) is 6.07 Å². The molecule has 1 aromatic heterocycles. The summed E-state index contributed by atoms with van der Waals surface area (Å²) in [5.41, 5.74) is 3.85. The molecule has 0 bridgehead atoms. The molecule has 3 rings (SSSR count). The number of H-pyrrole nitrogens is 1. The van der Waals surface area contributed by atoms with Gasteiger partial charge in [0.05, 0.1) is 5.69 Å². The number of amides is 1. The highest BCUT2D eigenvalue weighted by Gasteiger charge is 2.26. The topological polar surface area (TPSA) is 74.3 Å². The average molecular weight is 395 g/mol. The Kier molecular flexibility index (Phi) is 5.35. The van der Waals surface area contributed by atoms with Crippen LogP contribution in [0.1, 0.15) is 58.2 Å². The number of carbonyl (C=O) groups is 1. The van der Waals surface area contributed by atoms with Gasteiger partial charge in [-0.05, 0) is 34.1 Å². The number of anilines is 1. The molecule has 154 valence electrons. The van der Waals surface area contributed by atoms with E-state index in [4.69, 9.17) is 4.74 Å². The number of rotatable bonds is 3. The zero-order chi connectivity index (χ0) is 21.4. The molecule has 3 N–H and O–H groups in total. The fraction of sp³-hybridized carbons (Fsp3) is 0.375. The Morgan fingerprint density at radius 1 is 1.03 bits per heavy atom. The number of hydrogen-bond acceptors (Lipinski definition) is 3. The van der Waals surface area contributed by atoms with Crippen LogP contribution in [-0.2, 0) is 22.2 Å². The largest absolute Gasteiger partial charge is 0.508 e. The molecule has 0 spiro atoms. The van der Waals surface area contributed by atoms with Crippen molar-refractivity contribution in [3.05, 3.63) is 59.3 Å². The Balaban J connectivity index is 1.81. The van der Waals surface area contributed by atoms with E-state index in [1.807, 2.05) is 36.5 Å². The smallest absolute Gasteiger partial charge is 0.411 e. The molecule has 1 amide bonds. The predicted octanol–water partition coefficient (Wildman–Crippen LogP) is 6.22. The number of phenolic OH excluding ortho intramolecular Hbond substituents is 1. The summed E-state index contributed by atoms with van der Waals surface area (Å²) in [6, 6.07) is 11.5. The number of fused-ring (bicyclic) bond motifs is 1. The monoisotopic (exact) mass is 394 g/mol. The fourth-order valence-corrected chi connectivity index (χ4v) is 3.45. The third-order valence-electron chi connectivity index (χ3n) is 5.02. The highest BCUT2D eigenvalue weighted by Crippen LogP contribution is 2.39. The Labute approximate surface area is 172 Å². The van der Waals surface area contributed by atoms with Crippen molar-refractivity contribution in [3.8, 4) is 5.75 Å². The van der Waals surface area contributed by atoms with E-state index in [1.165, 1.54) is 0 Å².